The first kappa shape index (κ1) is 17.8. The van der Waals surface area contributed by atoms with E-state index in [1.807, 2.05) is 17.5 Å². The second-order valence-corrected chi connectivity index (χ2v) is 7.04. The molecule has 2 heterocycles. The molecule has 0 N–H and O–H groups in total. The van der Waals surface area contributed by atoms with Gasteiger partial charge >= 0.3 is 5.97 Å². The van der Waals surface area contributed by atoms with Crippen LogP contribution in [-0.2, 0) is 16.1 Å². The number of amides is 1. The molecule has 1 amide bonds. The first-order valence-corrected chi connectivity index (χ1v) is 9.19. The third kappa shape index (κ3) is 3.96. The van der Waals surface area contributed by atoms with Crippen molar-refractivity contribution in [2.24, 2.45) is 0 Å². The van der Waals surface area contributed by atoms with Crippen LogP contribution in [-0.4, -0.2) is 36.5 Å². The van der Waals surface area contributed by atoms with Crippen molar-refractivity contribution in [3.8, 4) is 5.75 Å². The molecular formula is C18H18ClNO4S. The molecule has 5 nitrogen and oxygen atoms in total. The standard InChI is InChI=1S/C18H18ClNO4S/c1-23-18(22)14-6-4-8-20(14)17(21)16-9-12(11-25-16)10-24-15-7-3-2-5-13(15)19/h2-3,5,7,9,11,14H,4,6,8,10H2,1H3. The van der Waals surface area contributed by atoms with Crippen molar-refractivity contribution in [3.63, 3.8) is 0 Å². The van der Waals surface area contributed by atoms with Gasteiger partial charge in [-0.15, -0.1) is 11.3 Å². The van der Waals surface area contributed by atoms with Crippen LogP contribution in [0.5, 0.6) is 5.75 Å². The molecule has 0 aliphatic carbocycles. The van der Waals surface area contributed by atoms with Crippen molar-refractivity contribution in [3.05, 3.63) is 51.2 Å². The molecule has 1 aromatic carbocycles. The Morgan fingerprint density at radius 1 is 1.36 bits per heavy atom. The van der Waals surface area contributed by atoms with Crippen molar-refractivity contribution in [1.82, 2.24) is 4.90 Å². The Labute approximate surface area is 155 Å². The lowest BCUT2D eigenvalue weighted by Crippen LogP contribution is -2.40. The molecule has 1 aromatic heterocycles. The fraction of sp³-hybridized carbons (Fsp3) is 0.333. The van der Waals surface area contributed by atoms with Crippen molar-refractivity contribution in [2.75, 3.05) is 13.7 Å². The van der Waals surface area contributed by atoms with Crippen LogP contribution in [0.25, 0.3) is 0 Å². The van der Waals surface area contributed by atoms with E-state index >= 15 is 0 Å². The van der Waals surface area contributed by atoms with Crippen molar-refractivity contribution >= 4 is 34.8 Å². The molecule has 1 saturated heterocycles. The number of nitrogens with zero attached hydrogens (tertiary/aromatic N) is 1. The Balaban J connectivity index is 1.65. The lowest BCUT2D eigenvalue weighted by molar-refractivity contribution is -0.145. The molecule has 1 fully saturated rings. The number of hydrogen-bond donors (Lipinski definition) is 0. The number of esters is 1. The average Bonchev–Trinajstić information content (AvgIpc) is 3.29. The van der Waals surface area contributed by atoms with E-state index in [9.17, 15) is 9.59 Å². The fourth-order valence-electron chi connectivity index (χ4n) is 2.82. The molecule has 1 aliphatic rings. The van der Waals surface area contributed by atoms with Crippen molar-refractivity contribution < 1.29 is 19.1 Å². The van der Waals surface area contributed by atoms with E-state index in [0.29, 0.717) is 35.2 Å². The van der Waals surface area contributed by atoms with Gasteiger partial charge in [0, 0.05) is 12.1 Å². The Morgan fingerprint density at radius 2 is 2.16 bits per heavy atom. The Hall–Kier alpha value is -2.05. The maximum absolute atomic E-state index is 12.7. The molecule has 132 valence electrons. The molecule has 3 rings (SSSR count). The van der Waals surface area contributed by atoms with Gasteiger partial charge in [0.2, 0.25) is 0 Å². The molecule has 1 unspecified atom stereocenters. The van der Waals surface area contributed by atoms with Crippen LogP contribution in [0.15, 0.2) is 35.7 Å². The van der Waals surface area contributed by atoms with Crippen LogP contribution < -0.4 is 4.74 Å². The smallest absolute Gasteiger partial charge is 0.328 e. The summed E-state index contributed by atoms with van der Waals surface area (Å²) in [5.41, 5.74) is 0.891. The van der Waals surface area contributed by atoms with Crippen LogP contribution in [0.3, 0.4) is 0 Å². The minimum absolute atomic E-state index is 0.137. The van der Waals surface area contributed by atoms with E-state index in [-0.39, 0.29) is 11.9 Å². The van der Waals surface area contributed by atoms with Crippen molar-refractivity contribution in [1.29, 1.82) is 0 Å². The lowest BCUT2D eigenvalue weighted by Gasteiger charge is -2.21. The average molecular weight is 380 g/mol. The first-order valence-electron chi connectivity index (χ1n) is 7.93. The molecule has 1 aliphatic heterocycles. The molecule has 0 saturated carbocycles. The minimum atomic E-state index is -0.484. The molecular weight excluding hydrogens is 362 g/mol. The highest BCUT2D eigenvalue weighted by molar-refractivity contribution is 7.12. The summed E-state index contributed by atoms with van der Waals surface area (Å²) < 4.78 is 10.5. The molecule has 0 spiro atoms. The van der Waals surface area contributed by atoms with E-state index in [2.05, 4.69) is 0 Å². The highest BCUT2D eigenvalue weighted by Gasteiger charge is 2.35. The normalized spacial score (nSPS) is 16.7. The molecule has 7 heteroatoms. The molecule has 0 radical (unpaired) electrons. The predicted molar refractivity (Wildman–Crippen MR) is 96.2 cm³/mol. The maximum Gasteiger partial charge on any atom is 0.328 e. The van der Waals surface area contributed by atoms with Crippen LogP contribution in [0.1, 0.15) is 28.1 Å². The zero-order chi connectivity index (χ0) is 17.8. The Bertz CT molecular complexity index is 776. The van der Waals surface area contributed by atoms with Gasteiger partial charge in [0.1, 0.15) is 18.4 Å². The number of methoxy groups -OCH3 is 1. The summed E-state index contributed by atoms with van der Waals surface area (Å²) in [6.45, 7) is 0.899. The minimum Gasteiger partial charge on any atom is -0.487 e. The van der Waals surface area contributed by atoms with Gasteiger partial charge in [-0.05, 0) is 36.4 Å². The van der Waals surface area contributed by atoms with Gasteiger partial charge < -0.3 is 14.4 Å². The summed E-state index contributed by atoms with van der Waals surface area (Å²) >= 11 is 7.41. The maximum atomic E-state index is 12.7. The fourth-order valence-corrected chi connectivity index (χ4v) is 3.86. The van der Waals surface area contributed by atoms with E-state index < -0.39 is 6.04 Å². The highest BCUT2D eigenvalue weighted by Crippen LogP contribution is 2.27. The van der Waals surface area contributed by atoms with Crippen molar-refractivity contribution in [2.45, 2.75) is 25.5 Å². The monoisotopic (exact) mass is 379 g/mol. The quantitative estimate of drug-likeness (QED) is 0.742. The summed E-state index contributed by atoms with van der Waals surface area (Å²) in [6, 6.07) is 8.57. The van der Waals surface area contributed by atoms with E-state index in [4.69, 9.17) is 21.1 Å². The van der Waals surface area contributed by atoms with E-state index in [1.165, 1.54) is 18.4 Å². The van der Waals surface area contributed by atoms with Crippen LogP contribution in [0.2, 0.25) is 5.02 Å². The molecule has 0 bridgehead atoms. The summed E-state index contributed by atoms with van der Waals surface area (Å²) in [5.74, 6) is 0.111. The third-order valence-corrected chi connectivity index (χ3v) is 5.36. The first-order chi connectivity index (χ1) is 12.1. The summed E-state index contributed by atoms with van der Waals surface area (Å²) in [7, 11) is 1.35. The number of thiophene rings is 1. The van der Waals surface area contributed by atoms with Gasteiger partial charge in [-0.2, -0.15) is 0 Å². The van der Waals surface area contributed by atoms with Gasteiger partial charge in [0.25, 0.3) is 5.91 Å². The van der Waals surface area contributed by atoms with Crippen LogP contribution >= 0.6 is 22.9 Å². The van der Waals surface area contributed by atoms with E-state index in [1.54, 1.807) is 23.1 Å². The SMILES string of the molecule is COC(=O)C1CCCN1C(=O)c1cc(COc2ccccc2Cl)cs1. The third-order valence-electron chi connectivity index (χ3n) is 4.08. The highest BCUT2D eigenvalue weighted by atomic mass is 35.5. The Morgan fingerprint density at radius 3 is 2.92 bits per heavy atom. The topological polar surface area (TPSA) is 55.8 Å². The number of rotatable bonds is 5. The zero-order valence-electron chi connectivity index (χ0n) is 13.7. The van der Waals surface area contributed by atoms with Gasteiger partial charge in [0.05, 0.1) is 17.0 Å². The molecule has 1 atom stereocenters. The summed E-state index contributed by atoms with van der Waals surface area (Å²) in [4.78, 5) is 26.7. The Kier molecular flexibility index (Phi) is 5.60. The second-order valence-electron chi connectivity index (χ2n) is 5.72. The number of likely N-dealkylation sites (tertiary alicyclic amines) is 1. The zero-order valence-corrected chi connectivity index (χ0v) is 15.3. The summed E-state index contributed by atoms with van der Waals surface area (Å²) in [5, 5.41) is 2.43. The van der Waals surface area contributed by atoms with Crippen LogP contribution in [0, 0.1) is 0 Å². The van der Waals surface area contributed by atoms with Gasteiger partial charge in [0.15, 0.2) is 0 Å². The summed E-state index contributed by atoms with van der Waals surface area (Å²) in [6.07, 6.45) is 1.45. The van der Waals surface area contributed by atoms with Gasteiger partial charge in [-0.1, -0.05) is 23.7 Å². The predicted octanol–water partition coefficient (Wildman–Crippen LogP) is 3.76. The molecule has 25 heavy (non-hydrogen) atoms. The number of carbonyl (C=O) groups is 2. The van der Waals surface area contributed by atoms with Gasteiger partial charge in [-0.3, -0.25) is 4.79 Å². The number of benzene rings is 1. The largest absolute Gasteiger partial charge is 0.487 e. The van der Waals surface area contributed by atoms with Crippen LogP contribution in [0.4, 0.5) is 0 Å². The lowest BCUT2D eigenvalue weighted by atomic mass is 10.2. The van der Waals surface area contributed by atoms with E-state index in [0.717, 1.165) is 12.0 Å². The number of halogens is 1. The number of carbonyl (C=O) groups excluding carboxylic acids is 2. The second kappa shape index (κ2) is 7.89. The number of ether oxygens (including phenoxy) is 2. The van der Waals surface area contributed by atoms with Gasteiger partial charge in [-0.25, -0.2) is 4.79 Å². The number of para-hydroxylation sites is 1. The molecule has 2 aromatic rings. The number of hydrogen-bond acceptors (Lipinski definition) is 5.